The Morgan fingerprint density at radius 3 is 1.71 bits per heavy atom. The molecule has 0 amide bonds. The van der Waals surface area contributed by atoms with Gasteiger partial charge in [-0.3, -0.25) is 0 Å². The highest BCUT2D eigenvalue weighted by Gasteiger charge is 2.20. The Bertz CT molecular complexity index is 268. The molecule has 98 valence electrons. The number of quaternary nitrogens is 1. The maximum Gasteiger partial charge on any atom is 0.104 e. The van der Waals surface area contributed by atoms with Crippen molar-refractivity contribution in [2.75, 3.05) is 19.6 Å². The average Bonchev–Trinajstić information content (AvgIpc) is 2.38. The summed E-state index contributed by atoms with van der Waals surface area (Å²) in [7, 11) is 0. The fourth-order valence-corrected chi connectivity index (χ4v) is 1.98. The second-order valence-electron chi connectivity index (χ2n) is 3.99. The normalized spacial score (nSPS) is 10.6. The number of rotatable bonds is 5. The summed E-state index contributed by atoms with van der Waals surface area (Å²) in [5.74, 6) is 0. The highest BCUT2D eigenvalue weighted by atomic mass is 35.6. The lowest BCUT2D eigenvalue weighted by atomic mass is 10.2. The molecular weight excluding hydrogens is 257 g/mol. The lowest BCUT2D eigenvalue weighted by molar-refractivity contribution is -0.936. The molecule has 1 aromatic carbocycles. The Kier molecular flexibility index (Phi) is 9.56. The Morgan fingerprint density at radius 2 is 1.35 bits per heavy atom. The summed E-state index contributed by atoms with van der Waals surface area (Å²) in [6.45, 7) is 11.7. The molecule has 0 saturated heterocycles. The standard InChI is InChI=1S/C13H22N.Cl2O/c1-4-14(5-2,6-3)12-13-10-8-7-9-11-13;1-3-2/h7-11H,4-6,12H2,1-3H3;/q+1;. The van der Waals surface area contributed by atoms with E-state index in [4.69, 9.17) is 0 Å². The molecule has 0 spiro atoms. The van der Waals surface area contributed by atoms with Crippen molar-refractivity contribution >= 4 is 23.7 Å². The quantitative estimate of drug-likeness (QED) is 0.727. The van der Waals surface area contributed by atoms with Crippen LogP contribution in [0, 0.1) is 0 Å². The zero-order chi connectivity index (χ0) is 13.1. The van der Waals surface area contributed by atoms with Gasteiger partial charge in [0.1, 0.15) is 6.54 Å². The van der Waals surface area contributed by atoms with Gasteiger partial charge in [0, 0.05) is 5.56 Å². The smallest absolute Gasteiger partial charge is 0.104 e. The van der Waals surface area contributed by atoms with E-state index in [-0.39, 0.29) is 0 Å². The first kappa shape index (κ1) is 16.7. The highest BCUT2D eigenvalue weighted by molar-refractivity contribution is 6.24. The Labute approximate surface area is 115 Å². The van der Waals surface area contributed by atoms with E-state index >= 15 is 0 Å². The van der Waals surface area contributed by atoms with Crippen molar-refractivity contribution in [2.45, 2.75) is 27.3 Å². The van der Waals surface area contributed by atoms with Crippen molar-refractivity contribution in [3.63, 3.8) is 0 Å². The van der Waals surface area contributed by atoms with Crippen LogP contribution in [-0.4, -0.2) is 24.1 Å². The van der Waals surface area contributed by atoms with Gasteiger partial charge in [-0.15, -0.1) is 0 Å². The van der Waals surface area contributed by atoms with Crippen molar-refractivity contribution in [2.24, 2.45) is 0 Å². The Balaban J connectivity index is 0.000000770. The van der Waals surface area contributed by atoms with Gasteiger partial charge < -0.3 is 4.48 Å². The molecule has 0 aliphatic rings. The molecule has 0 heterocycles. The first-order valence-corrected chi connectivity index (χ1v) is 6.58. The zero-order valence-electron chi connectivity index (χ0n) is 10.8. The minimum Gasteiger partial charge on any atom is -0.321 e. The van der Waals surface area contributed by atoms with Crippen LogP contribution in [0.3, 0.4) is 0 Å². The minimum atomic E-state index is 1.17. The predicted octanol–water partition coefficient (Wildman–Crippen LogP) is 4.37. The van der Waals surface area contributed by atoms with Crippen LogP contribution in [0.5, 0.6) is 0 Å². The number of halogens is 2. The topological polar surface area (TPSA) is 9.23 Å². The molecule has 0 unspecified atom stereocenters. The molecule has 0 fully saturated rings. The molecule has 0 radical (unpaired) electrons. The average molecular weight is 279 g/mol. The fourth-order valence-electron chi connectivity index (χ4n) is 1.98. The molecule has 2 nitrogen and oxygen atoms in total. The number of nitrogens with zero attached hydrogens (tertiary/aromatic N) is 1. The van der Waals surface area contributed by atoms with Gasteiger partial charge in [0.05, 0.1) is 43.4 Å². The third-order valence-electron chi connectivity index (χ3n) is 3.37. The van der Waals surface area contributed by atoms with E-state index in [9.17, 15) is 0 Å². The van der Waals surface area contributed by atoms with Crippen LogP contribution in [0.4, 0.5) is 0 Å². The molecule has 0 atom stereocenters. The number of hydrogen-bond acceptors (Lipinski definition) is 1. The van der Waals surface area contributed by atoms with Gasteiger partial charge >= 0.3 is 0 Å². The van der Waals surface area contributed by atoms with Crippen LogP contribution in [0.1, 0.15) is 26.3 Å². The summed E-state index contributed by atoms with van der Waals surface area (Å²) in [6.07, 6.45) is 0. The predicted molar refractivity (Wildman–Crippen MR) is 74.8 cm³/mol. The molecule has 0 aliphatic heterocycles. The van der Waals surface area contributed by atoms with Crippen molar-refractivity contribution in [1.82, 2.24) is 0 Å². The lowest BCUT2D eigenvalue weighted by Crippen LogP contribution is -2.46. The molecule has 1 aromatic rings. The Hall–Kier alpha value is -0.280. The summed E-state index contributed by atoms with van der Waals surface area (Å²) < 4.78 is 4.39. The van der Waals surface area contributed by atoms with Crippen LogP contribution >= 0.6 is 23.7 Å². The fraction of sp³-hybridized carbons (Fsp3) is 0.538. The SMILES string of the molecule is CC[N+](CC)(CC)Cc1ccccc1.ClOCl. The largest absolute Gasteiger partial charge is 0.321 e. The first-order chi connectivity index (χ1) is 8.17. The number of benzene rings is 1. The maximum absolute atomic E-state index is 4.26. The highest BCUT2D eigenvalue weighted by Crippen LogP contribution is 2.13. The van der Waals surface area contributed by atoms with E-state index in [1.807, 2.05) is 0 Å². The van der Waals surface area contributed by atoms with E-state index in [1.54, 1.807) is 0 Å². The second kappa shape index (κ2) is 9.72. The molecule has 0 saturated carbocycles. The van der Waals surface area contributed by atoms with E-state index in [0.717, 1.165) is 0 Å². The van der Waals surface area contributed by atoms with Crippen LogP contribution in [0.2, 0.25) is 0 Å². The molecule has 0 aliphatic carbocycles. The monoisotopic (exact) mass is 278 g/mol. The molecule has 1 rings (SSSR count). The molecule has 0 bridgehead atoms. The van der Waals surface area contributed by atoms with Crippen LogP contribution in [-0.2, 0) is 10.4 Å². The van der Waals surface area contributed by atoms with Crippen molar-refractivity contribution in [1.29, 1.82) is 0 Å². The number of hydrogen-bond donors (Lipinski definition) is 0. The molecule has 0 N–H and O–H groups in total. The van der Waals surface area contributed by atoms with E-state index < -0.39 is 0 Å². The zero-order valence-corrected chi connectivity index (χ0v) is 12.3. The molecule has 17 heavy (non-hydrogen) atoms. The summed E-state index contributed by atoms with van der Waals surface area (Å²) in [5.41, 5.74) is 1.46. The molecule has 4 heteroatoms. The van der Waals surface area contributed by atoms with Crippen LogP contribution in [0.15, 0.2) is 30.3 Å². The molecule has 0 aromatic heterocycles. The van der Waals surface area contributed by atoms with Crippen molar-refractivity contribution in [3.8, 4) is 0 Å². The summed E-state index contributed by atoms with van der Waals surface area (Å²) in [4.78, 5) is 0. The van der Waals surface area contributed by atoms with E-state index in [2.05, 4.69) is 78.7 Å². The van der Waals surface area contributed by atoms with Gasteiger partial charge in [-0.25, -0.2) is 0 Å². The van der Waals surface area contributed by atoms with E-state index in [0.29, 0.717) is 0 Å². The molecular formula is C13H22Cl2NO+. The van der Waals surface area contributed by atoms with Crippen molar-refractivity contribution in [3.05, 3.63) is 35.9 Å². The third-order valence-corrected chi connectivity index (χ3v) is 3.37. The van der Waals surface area contributed by atoms with Gasteiger partial charge in [-0.2, -0.15) is 3.84 Å². The second-order valence-corrected chi connectivity index (χ2v) is 4.46. The van der Waals surface area contributed by atoms with Crippen LogP contribution < -0.4 is 0 Å². The van der Waals surface area contributed by atoms with Gasteiger partial charge in [0.25, 0.3) is 0 Å². The van der Waals surface area contributed by atoms with Gasteiger partial charge in [-0.1, -0.05) is 30.3 Å². The van der Waals surface area contributed by atoms with Crippen LogP contribution in [0.25, 0.3) is 0 Å². The maximum atomic E-state index is 4.26. The summed E-state index contributed by atoms with van der Waals surface area (Å²) >= 11 is 8.53. The summed E-state index contributed by atoms with van der Waals surface area (Å²) in [6, 6.07) is 10.8. The van der Waals surface area contributed by atoms with Gasteiger partial charge in [0.15, 0.2) is 0 Å². The lowest BCUT2D eigenvalue weighted by Gasteiger charge is -2.35. The third kappa shape index (κ3) is 6.27. The Morgan fingerprint density at radius 1 is 0.941 bits per heavy atom. The summed E-state index contributed by atoms with van der Waals surface area (Å²) in [5, 5.41) is 0. The van der Waals surface area contributed by atoms with Crippen molar-refractivity contribution < 1.29 is 8.32 Å². The van der Waals surface area contributed by atoms with E-state index in [1.165, 1.54) is 36.2 Å². The van der Waals surface area contributed by atoms with Gasteiger partial charge in [0.2, 0.25) is 0 Å². The van der Waals surface area contributed by atoms with Gasteiger partial charge in [-0.05, 0) is 20.8 Å². The first-order valence-electron chi connectivity index (χ1n) is 5.96. The minimum absolute atomic E-state index is 1.17.